The Morgan fingerprint density at radius 3 is 2.18 bits per heavy atom. The summed E-state index contributed by atoms with van der Waals surface area (Å²) in [5, 5.41) is 0. The molecule has 0 atom stereocenters. The lowest BCUT2D eigenvalue weighted by Gasteiger charge is -2.19. The smallest absolute Gasteiger partial charge is 0.330 e. The van der Waals surface area contributed by atoms with Crippen LogP contribution in [0.25, 0.3) is 0 Å². The maximum absolute atomic E-state index is 11.7. The zero-order valence-electron chi connectivity index (χ0n) is 10.1. The molecule has 0 aromatic heterocycles. The average Bonchev–Trinajstić information content (AvgIpc) is 2.33. The second-order valence-electron chi connectivity index (χ2n) is 3.35. The zero-order chi connectivity index (χ0) is 13.1. The molecule has 0 aliphatic carbocycles. The van der Waals surface area contributed by atoms with Gasteiger partial charge in [0.2, 0.25) is 5.91 Å². The van der Waals surface area contributed by atoms with E-state index >= 15 is 0 Å². The van der Waals surface area contributed by atoms with Crippen LogP contribution < -0.4 is 0 Å². The Bertz CT molecular complexity index is 287. The molecule has 0 saturated carbocycles. The summed E-state index contributed by atoms with van der Waals surface area (Å²) in [6, 6.07) is 0. The summed E-state index contributed by atoms with van der Waals surface area (Å²) in [5.41, 5.74) is 0. The number of hydrogen-bond donors (Lipinski definition) is 0. The molecule has 0 aromatic carbocycles. The normalized spacial score (nSPS) is 9.18. The zero-order valence-corrected chi connectivity index (χ0v) is 10.1. The summed E-state index contributed by atoms with van der Waals surface area (Å²) in [6.45, 7) is 11.7. The van der Waals surface area contributed by atoms with E-state index in [1.807, 2.05) is 0 Å². The third-order valence-corrected chi connectivity index (χ3v) is 2.00. The van der Waals surface area contributed by atoms with Crippen LogP contribution in [0.3, 0.4) is 0 Å². The maximum atomic E-state index is 11.7. The molecule has 0 bridgehead atoms. The molecule has 1 amide bonds. The van der Waals surface area contributed by atoms with Gasteiger partial charge in [0.05, 0.1) is 6.61 Å². The highest BCUT2D eigenvalue weighted by Crippen LogP contribution is 1.99. The largest absolute Gasteiger partial charge is 0.463 e. The van der Waals surface area contributed by atoms with Crippen molar-refractivity contribution in [3.05, 3.63) is 38.0 Å². The molecule has 0 radical (unpaired) electrons. The van der Waals surface area contributed by atoms with Crippen LogP contribution >= 0.6 is 0 Å². The minimum Gasteiger partial charge on any atom is -0.463 e. The van der Waals surface area contributed by atoms with Gasteiger partial charge in [-0.25, -0.2) is 4.79 Å². The summed E-state index contributed by atoms with van der Waals surface area (Å²) in [5.74, 6) is -0.467. The molecule has 17 heavy (non-hydrogen) atoms. The van der Waals surface area contributed by atoms with E-state index < -0.39 is 5.97 Å². The van der Waals surface area contributed by atoms with Crippen molar-refractivity contribution in [2.24, 2.45) is 0 Å². The van der Waals surface area contributed by atoms with E-state index in [9.17, 15) is 9.59 Å². The SMILES string of the molecule is C=CCN(CC=C)C(=O)CCCOC(=O)C=C. The number of nitrogens with zero attached hydrogens (tertiary/aromatic N) is 1. The van der Waals surface area contributed by atoms with Crippen molar-refractivity contribution in [2.75, 3.05) is 19.7 Å². The lowest BCUT2D eigenvalue weighted by molar-refractivity contribution is -0.139. The van der Waals surface area contributed by atoms with Crippen LogP contribution in [0.4, 0.5) is 0 Å². The van der Waals surface area contributed by atoms with Crippen LogP contribution in [-0.4, -0.2) is 36.5 Å². The van der Waals surface area contributed by atoms with Crippen LogP contribution in [0.5, 0.6) is 0 Å². The topological polar surface area (TPSA) is 46.6 Å². The summed E-state index contributed by atoms with van der Waals surface area (Å²) in [6.07, 6.45) is 5.27. The van der Waals surface area contributed by atoms with Gasteiger partial charge in [-0.15, -0.1) is 13.2 Å². The molecule has 0 aromatic rings. The van der Waals surface area contributed by atoms with Crippen LogP contribution in [-0.2, 0) is 14.3 Å². The van der Waals surface area contributed by atoms with Crippen molar-refractivity contribution in [3.63, 3.8) is 0 Å². The van der Waals surface area contributed by atoms with E-state index in [2.05, 4.69) is 19.7 Å². The average molecular weight is 237 g/mol. The van der Waals surface area contributed by atoms with E-state index in [0.29, 0.717) is 25.9 Å². The number of carbonyl (C=O) groups is 2. The third kappa shape index (κ3) is 7.11. The van der Waals surface area contributed by atoms with Gasteiger partial charge in [0.15, 0.2) is 0 Å². The molecular weight excluding hydrogens is 218 g/mol. The highest BCUT2D eigenvalue weighted by atomic mass is 16.5. The lowest BCUT2D eigenvalue weighted by Crippen LogP contribution is -2.31. The summed E-state index contributed by atoms with van der Waals surface area (Å²) >= 11 is 0. The first-order valence-corrected chi connectivity index (χ1v) is 5.44. The highest BCUT2D eigenvalue weighted by Gasteiger charge is 2.10. The Hall–Kier alpha value is -1.84. The van der Waals surface area contributed by atoms with Gasteiger partial charge in [0.25, 0.3) is 0 Å². The highest BCUT2D eigenvalue weighted by molar-refractivity contribution is 5.81. The van der Waals surface area contributed by atoms with E-state index in [4.69, 9.17) is 4.74 Å². The predicted molar refractivity (Wildman–Crippen MR) is 67.4 cm³/mol. The Morgan fingerprint density at radius 2 is 1.71 bits per heavy atom. The summed E-state index contributed by atoms with van der Waals surface area (Å²) < 4.78 is 4.77. The minimum absolute atomic E-state index is 0.000507. The molecule has 0 aliphatic heterocycles. The fourth-order valence-electron chi connectivity index (χ4n) is 1.20. The first kappa shape index (κ1) is 15.2. The number of rotatable bonds is 9. The van der Waals surface area contributed by atoms with Crippen molar-refractivity contribution in [2.45, 2.75) is 12.8 Å². The lowest BCUT2D eigenvalue weighted by atomic mass is 10.2. The number of ether oxygens (including phenoxy) is 1. The molecule has 0 N–H and O–H groups in total. The number of carbonyl (C=O) groups excluding carboxylic acids is 2. The fourth-order valence-corrected chi connectivity index (χ4v) is 1.20. The molecule has 0 spiro atoms. The molecule has 0 heterocycles. The van der Waals surface area contributed by atoms with E-state index in [0.717, 1.165) is 6.08 Å². The number of amides is 1. The van der Waals surface area contributed by atoms with Gasteiger partial charge < -0.3 is 9.64 Å². The van der Waals surface area contributed by atoms with Crippen molar-refractivity contribution >= 4 is 11.9 Å². The molecule has 0 unspecified atom stereocenters. The molecular formula is C13H19NO3. The summed E-state index contributed by atoms with van der Waals surface area (Å²) in [7, 11) is 0. The van der Waals surface area contributed by atoms with Crippen molar-refractivity contribution < 1.29 is 14.3 Å². The monoisotopic (exact) mass is 237 g/mol. The van der Waals surface area contributed by atoms with Crippen LogP contribution in [0.2, 0.25) is 0 Å². The van der Waals surface area contributed by atoms with E-state index in [1.54, 1.807) is 17.1 Å². The van der Waals surface area contributed by atoms with Crippen LogP contribution in [0.15, 0.2) is 38.0 Å². The van der Waals surface area contributed by atoms with Crippen LogP contribution in [0, 0.1) is 0 Å². The maximum Gasteiger partial charge on any atom is 0.330 e. The van der Waals surface area contributed by atoms with Gasteiger partial charge in [0.1, 0.15) is 0 Å². The molecule has 94 valence electrons. The van der Waals surface area contributed by atoms with Gasteiger partial charge in [0, 0.05) is 25.6 Å². The van der Waals surface area contributed by atoms with Crippen molar-refractivity contribution in [1.29, 1.82) is 0 Å². The second-order valence-corrected chi connectivity index (χ2v) is 3.35. The number of esters is 1. The van der Waals surface area contributed by atoms with E-state index in [1.165, 1.54) is 0 Å². The minimum atomic E-state index is -0.466. The van der Waals surface area contributed by atoms with Gasteiger partial charge in [-0.2, -0.15) is 0 Å². The Labute approximate surface area is 102 Å². The Balaban J connectivity index is 3.88. The van der Waals surface area contributed by atoms with Crippen LogP contribution in [0.1, 0.15) is 12.8 Å². The Kier molecular flexibility index (Phi) is 8.37. The molecule has 0 saturated heterocycles. The fraction of sp³-hybridized carbons (Fsp3) is 0.385. The Morgan fingerprint density at radius 1 is 1.12 bits per heavy atom. The van der Waals surface area contributed by atoms with Crippen molar-refractivity contribution in [3.8, 4) is 0 Å². The molecule has 0 rings (SSSR count). The molecule has 4 heteroatoms. The van der Waals surface area contributed by atoms with Crippen molar-refractivity contribution in [1.82, 2.24) is 4.90 Å². The van der Waals surface area contributed by atoms with E-state index in [-0.39, 0.29) is 12.5 Å². The summed E-state index contributed by atoms with van der Waals surface area (Å²) in [4.78, 5) is 24.1. The number of hydrogen-bond acceptors (Lipinski definition) is 3. The quantitative estimate of drug-likeness (QED) is 0.265. The van der Waals surface area contributed by atoms with Gasteiger partial charge >= 0.3 is 5.97 Å². The van der Waals surface area contributed by atoms with Gasteiger partial charge in [-0.05, 0) is 6.42 Å². The molecule has 0 aliphatic rings. The van der Waals surface area contributed by atoms with Gasteiger partial charge in [-0.3, -0.25) is 4.79 Å². The molecule has 0 fully saturated rings. The second kappa shape index (κ2) is 9.39. The first-order valence-electron chi connectivity index (χ1n) is 5.44. The van der Waals surface area contributed by atoms with Gasteiger partial charge in [-0.1, -0.05) is 18.7 Å². The standard InChI is InChI=1S/C13H19NO3/c1-4-9-14(10-5-2)12(15)8-7-11-17-13(16)6-3/h4-6H,1-3,7-11H2. The third-order valence-electron chi connectivity index (χ3n) is 2.00. The predicted octanol–water partition coefficient (Wildman–Crippen LogP) is 1.70. The first-order chi connectivity index (χ1) is 8.15. The molecule has 4 nitrogen and oxygen atoms in total.